The van der Waals surface area contributed by atoms with E-state index in [0.29, 0.717) is 0 Å². The van der Waals surface area contributed by atoms with E-state index in [2.05, 4.69) is 65.8 Å². The highest BCUT2D eigenvalue weighted by molar-refractivity contribution is 9.10. The van der Waals surface area contributed by atoms with Crippen LogP contribution in [0, 0.1) is 0 Å². The first-order chi connectivity index (χ1) is 12.3. The molecule has 0 unspecified atom stereocenters. The third-order valence-corrected chi connectivity index (χ3v) is 5.76. The van der Waals surface area contributed by atoms with Gasteiger partial charge >= 0.3 is 0 Å². The molecule has 2 aromatic heterocycles. The number of halogens is 1. The number of morpholine rings is 1. The Hall–Kier alpha value is -1.54. The summed E-state index contributed by atoms with van der Waals surface area (Å²) in [6.07, 6.45) is 1.64. The molecule has 1 N–H and O–H groups in total. The zero-order chi connectivity index (χ0) is 17.1. The minimum atomic E-state index is 0.829. The van der Waals surface area contributed by atoms with Crippen LogP contribution in [-0.4, -0.2) is 54.3 Å². The maximum atomic E-state index is 5.40. The van der Waals surface area contributed by atoms with Crippen LogP contribution in [0.15, 0.2) is 40.4 Å². The van der Waals surface area contributed by atoms with Gasteiger partial charge in [-0.3, -0.25) is 4.90 Å². The Morgan fingerprint density at radius 1 is 1.16 bits per heavy atom. The van der Waals surface area contributed by atoms with Crippen LogP contribution in [0.2, 0.25) is 0 Å². The van der Waals surface area contributed by atoms with E-state index in [1.54, 1.807) is 17.7 Å². The van der Waals surface area contributed by atoms with E-state index in [4.69, 9.17) is 4.74 Å². The molecule has 4 rings (SSSR count). The fourth-order valence-electron chi connectivity index (χ4n) is 3.01. The predicted molar refractivity (Wildman–Crippen MR) is 106 cm³/mol. The lowest BCUT2D eigenvalue weighted by molar-refractivity contribution is 0.0398. The van der Waals surface area contributed by atoms with Crippen LogP contribution >= 0.6 is 27.3 Å². The van der Waals surface area contributed by atoms with Gasteiger partial charge in [-0.25, -0.2) is 9.97 Å². The number of nitrogens with zero attached hydrogens (tertiary/aromatic N) is 3. The molecule has 25 heavy (non-hydrogen) atoms. The van der Waals surface area contributed by atoms with Crippen LogP contribution < -0.4 is 5.32 Å². The molecule has 1 aliphatic rings. The van der Waals surface area contributed by atoms with Crippen molar-refractivity contribution in [2.75, 3.05) is 44.7 Å². The van der Waals surface area contributed by atoms with Gasteiger partial charge in [-0.15, -0.1) is 11.3 Å². The SMILES string of the molecule is Brc1ccc(-c2csc3ncnc(NCCN4CCOCC4)c23)cc1. The second kappa shape index (κ2) is 7.78. The molecule has 1 saturated heterocycles. The van der Waals surface area contributed by atoms with Gasteiger partial charge in [-0.2, -0.15) is 0 Å². The van der Waals surface area contributed by atoms with Gasteiger partial charge in [0.2, 0.25) is 0 Å². The van der Waals surface area contributed by atoms with Crippen LogP contribution in [0.4, 0.5) is 5.82 Å². The monoisotopic (exact) mass is 418 g/mol. The summed E-state index contributed by atoms with van der Waals surface area (Å²) in [6.45, 7) is 5.52. The van der Waals surface area contributed by atoms with Crippen molar-refractivity contribution in [1.82, 2.24) is 14.9 Å². The second-order valence-electron chi connectivity index (χ2n) is 5.94. The molecular formula is C18H19BrN4OS. The molecule has 3 aromatic rings. The summed E-state index contributed by atoms with van der Waals surface area (Å²) in [5.41, 5.74) is 2.36. The van der Waals surface area contributed by atoms with E-state index in [0.717, 1.165) is 59.9 Å². The molecular weight excluding hydrogens is 400 g/mol. The Labute approximate surface area is 159 Å². The Morgan fingerprint density at radius 3 is 2.76 bits per heavy atom. The quantitative estimate of drug-likeness (QED) is 0.681. The van der Waals surface area contributed by atoms with Crippen molar-refractivity contribution in [3.05, 3.63) is 40.4 Å². The van der Waals surface area contributed by atoms with Crippen LogP contribution in [0.3, 0.4) is 0 Å². The summed E-state index contributed by atoms with van der Waals surface area (Å²) in [4.78, 5) is 12.4. The minimum Gasteiger partial charge on any atom is -0.379 e. The number of thiophene rings is 1. The zero-order valence-corrected chi connectivity index (χ0v) is 16.1. The highest BCUT2D eigenvalue weighted by Gasteiger charge is 2.14. The molecule has 1 aromatic carbocycles. The Balaban J connectivity index is 1.56. The molecule has 0 amide bonds. The molecule has 130 valence electrons. The highest BCUT2D eigenvalue weighted by atomic mass is 79.9. The number of benzene rings is 1. The number of ether oxygens (including phenoxy) is 1. The van der Waals surface area contributed by atoms with Gasteiger partial charge in [0, 0.05) is 41.6 Å². The maximum Gasteiger partial charge on any atom is 0.138 e. The summed E-state index contributed by atoms with van der Waals surface area (Å²) in [7, 11) is 0. The van der Waals surface area contributed by atoms with E-state index in [1.807, 2.05) is 0 Å². The number of hydrogen-bond donors (Lipinski definition) is 1. The first-order valence-electron chi connectivity index (χ1n) is 8.33. The Morgan fingerprint density at radius 2 is 1.96 bits per heavy atom. The minimum absolute atomic E-state index is 0.829. The Bertz CT molecular complexity index is 846. The molecule has 3 heterocycles. The number of aromatic nitrogens is 2. The maximum absolute atomic E-state index is 5.40. The number of fused-ring (bicyclic) bond motifs is 1. The highest BCUT2D eigenvalue weighted by Crippen LogP contribution is 2.36. The van der Waals surface area contributed by atoms with Gasteiger partial charge in [0.1, 0.15) is 17.0 Å². The number of nitrogens with one attached hydrogen (secondary N) is 1. The standard InChI is InChI=1S/C18H19BrN4OS/c19-14-3-1-13(2-4-14)15-11-25-18-16(15)17(21-12-22-18)20-5-6-23-7-9-24-10-8-23/h1-4,11-12H,5-10H2,(H,20,21,22). The molecule has 5 nitrogen and oxygen atoms in total. The Kier molecular flexibility index (Phi) is 5.26. The number of rotatable bonds is 5. The van der Waals surface area contributed by atoms with Gasteiger partial charge in [-0.05, 0) is 17.7 Å². The van der Waals surface area contributed by atoms with Gasteiger partial charge in [0.15, 0.2) is 0 Å². The smallest absolute Gasteiger partial charge is 0.138 e. The summed E-state index contributed by atoms with van der Waals surface area (Å²) < 4.78 is 6.48. The lowest BCUT2D eigenvalue weighted by atomic mass is 10.1. The molecule has 0 saturated carbocycles. The average Bonchev–Trinajstić information content (AvgIpc) is 3.08. The van der Waals surface area contributed by atoms with Crippen molar-refractivity contribution < 1.29 is 4.74 Å². The van der Waals surface area contributed by atoms with E-state index in [1.165, 1.54) is 11.1 Å². The first-order valence-corrected chi connectivity index (χ1v) is 10.0. The molecule has 0 spiro atoms. The van der Waals surface area contributed by atoms with Crippen LogP contribution in [0.25, 0.3) is 21.3 Å². The fourth-order valence-corrected chi connectivity index (χ4v) is 4.19. The summed E-state index contributed by atoms with van der Waals surface area (Å²) in [5.74, 6) is 0.914. The van der Waals surface area contributed by atoms with Crippen molar-refractivity contribution in [3.63, 3.8) is 0 Å². The van der Waals surface area contributed by atoms with Crippen molar-refractivity contribution >= 4 is 43.3 Å². The van der Waals surface area contributed by atoms with Crippen LogP contribution in [0.5, 0.6) is 0 Å². The average molecular weight is 419 g/mol. The van der Waals surface area contributed by atoms with Crippen molar-refractivity contribution in [3.8, 4) is 11.1 Å². The van der Waals surface area contributed by atoms with Crippen molar-refractivity contribution in [2.24, 2.45) is 0 Å². The van der Waals surface area contributed by atoms with Crippen LogP contribution in [-0.2, 0) is 4.74 Å². The van der Waals surface area contributed by atoms with Crippen molar-refractivity contribution in [2.45, 2.75) is 0 Å². The zero-order valence-electron chi connectivity index (χ0n) is 13.7. The van der Waals surface area contributed by atoms with Crippen LogP contribution in [0.1, 0.15) is 0 Å². The lowest BCUT2D eigenvalue weighted by Gasteiger charge is -2.26. The third kappa shape index (κ3) is 3.84. The van der Waals surface area contributed by atoms with Gasteiger partial charge < -0.3 is 10.1 Å². The fraction of sp³-hybridized carbons (Fsp3) is 0.333. The predicted octanol–water partition coefficient (Wildman–Crippen LogP) is 3.86. The van der Waals surface area contributed by atoms with Crippen molar-refractivity contribution in [1.29, 1.82) is 0 Å². The molecule has 1 aliphatic heterocycles. The molecule has 0 bridgehead atoms. The van der Waals surface area contributed by atoms with E-state index in [-0.39, 0.29) is 0 Å². The van der Waals surface area contributed by atoms with Gasteiger partial charge in [-0.1, -0.05) is 28.1 Å². The van der Waals surface area contributed by atoms with E-state index < -0.39 is 0 Å². The summed E-state index contributed by atoms with van der Waals surface area (Å²) in [5, 5.41) is 6.78. The largest absolute Gasteiger partial charge is 0.379 e. The number of hydrogen-bond acceptors (Lipinski definition) is 6. The summed E-state index contributed by atoms with van der Waals surface area (Å²) >= 11 is 5.16. The van der Waals surface area contributed by atoms with Gasteiger partial charge in [0.05, 0.1) is 18.6 Å². The van der Waals surface area contributed by atoms with E-state index >= 15 is 0 Å². The van der Waals surface area contributed by atoms with Gasteiger partial charge in [0.25, 0.3) is 0 Å². The molecule has 1 fully saturated rings. The lowest BCUT2D eigenvalue weighted by Crippen LogP contribution is -2.39. The topological polar surface area (TPSA) is 50.3 Å². The second-order valence-corrected chi connectivity index (χ2v) is 7.71. The third-order valence-electron chi connectivity index (χ3n) is 4.35. The molecule has 0 atom stereocenters. The normalized spacial score (nSPS) is 15.6. The molecule has 0 radical (unpaired) electrons. The molecule has 0 aliphatic carbocycles. The molecule has 7 heteroatoms. The number of anilines is 1. The summed E-state index contributed by atoms with van der Waals surface area (Å²) in [6, 6.07) is 8.37. The first kappa shape index (κ1) is 16.9. The van der Waals surface area contributed by atoms with E-state index in [9.17, 15) is 0 Å².